The first kappa shape index (κ1) is 18.4. The highest BCUT2D eigenvalue weighted by molar-refractivity contribution is 5.76. The Morgan fingerprint density at radius 3 is 2.57 bits per heavy atom. The van der Waals surface area contributed by atoms with Crippen molar-refractivity contribution < 1.29 is 36.2 Å². The van der Waals surface area contributed by atoms with Gasteiger partial charge in [0.05, 0.1) is 31.8 Å². The minimum absolute atomic E-state index is 0.00284. The highest BCUT2D eigenvalue weighted by Crippen LogP contribution is 2.35. The summed E-state index contributed by atoms with van der Waals surface area (Å²) >= 11 is 0. The molecule has 1 aliphatic heterocycles. The SMILES string of the molecule is O=C(CCOCC(F)(F)C(F)(F)F)N1CCOC2CCCCC21. The van der Waals surface area contributed by atoms with Crippen LogP contribution in [0.2, 0.25) is 0 Å². The third kappa shape index (κ3) is 4.53. The summed E-state index contributed by atoms with van der Waals surface area (Å²) in [5.74, 6) is -5.19. The standard InChI is InChI=1S/C14H20F5NO3/c15-13(16,14(17,18)19)9-22-7-5-12(21)20-6-8-23-11-4-2-1-3-10(11)20/h10-11H,1-9H2. The molecule has 1 heterocycles. The number of rotatable bonds is 5. The number of hydrogen-bond donors (Lipinski definition) is 0. The molecule has 2 fully saturated rings. The number of alkyl halides is 5. The number of fused-ring (bicyclic) bond motifs is 1. The molecule has 0 aromatic rings. The second kappa shape index (κ2) is 7.29. The zero-order chi connectivity index (χ0) is 17.1. The Morgan fingerprint density at radius 1 is 1.17 bits per heavy atom. The molecular weight excluding hydrogens is 325 g/mol. The van der Waals surface area contributed by atoms with Gasteiger partial charge in [0.15, 0.2) is 0 Å². The molecule has 1 amide bonds. The van der Waals surface area contributed by atoms with E-state index >= 15 is 0 Å². The van der Waals surface area contributed by atoms with Crippen molar-refractivity contribution >= 4 is 5.91 Å². The van der Waals surface area contributed by atoms with Crippen molar-refractivity contribution in [3.63, 3.8) is 0 Å². The Hall–Kier alpha value is -0.960. The normalized spacial score (nSPS) is 26.0. The van der Waals surface area contributed by atoms with E-state index in [1.165, 1.54) is 0 Å². The molecule has 2 rings (SSSR count). The van der Waals surface area contributed by atoms with E-state index in [9.17, 15) is 26.7 Å². The molecule has 23 heavy (non-hydrogen) atoms. The van der Waals surface area contributed by atoms with E-state index in [2.05, 4.69) is 4.74 Å². The van der Waals surface area contributed by atoms with Gasteiger partial charge in [-0.15, -0.1) is 0 Å². The van der Waals surface area contributed by atoms with Crippen LogP contribution in [0.5, 0.6) is 0 Å². The van der Waals surface area contributed by atoms with Crippen LogP contribution in [0.15, 0.2) is 0 Å². The summed E-state index contributed by atoms with van der Waals surface area (Å²) in [4.78, 5) is 13.8. The molecule has 0 aromatic heterocycles. The van der Waals surface area contributed by atoms with Gasteiger partial charge in [-0.2, -0.15) is 22.0 Å². The first-order valence-corrected chi connectivity index (χ1v) is 7.66. The Labute approximate surface area is 130 Å². The van der Waals surface area contributed by atoms with Gasteiger partial charge in [0.2, 0.25) is 5.91 Å². The summed E-state index contributed by atoms with van der Waals surface area (Å²) in [5.41, 5.74) is 0. The lowest BCUT2D eigenvalue weighted by molar-refractivity contribution is -0.296. The van der Waals surface area contributed by atoms with Crippen LogP contribution in [0.4, 0.5) is 22.0 Å². The van der Waals surface area contributed by atoms with Gasteiger partial charge in [0.1, 0.15) is 6.61 Å². The highest BCUT2D eigenvalue weighted by atomic mass is 19.4. The fourth-order valence-electron chi connectivity index (χ4n) is 2.99. The molecular formula is C14H20F5NO3. The lowest BCUT2D eigenvalue weighted by atomic mass is 9.90. The number of ether oxygens (including phenoxy) is 2. The van der Waals surface area contributed by atoms with Crippen LogP contribution in [-0.4, -0.2) is 61.4 Å². The van der Waals surface area contributed by atoms with Crippen molar-refractivity contribution in [2.45, 2.75) is 56.3 Å². The van der Waals surface area contributed by atoms with Gasteiger partial charge < -0.3 is 14.4 Å². The molecule has 2 aliphatic rings. The number of morpholine rings is 1. The van der Waals surface area contributed by atoms with E-state index in [-0.39, 0.29) is 24.5 Å². The Morgan fingerprint density at radius 2 is 1.87 bits per heavy atom. The average molecular weight is 345 g/mol. The topological polar surface area (TPSA) is 38.8 Å². The summed E-state index contributed by atoms with van der Waals surface area (Å²) < 4.78 is 71.3. The summed E-state index contributed by atoms with van der Waals surface area (Å²) in [7, 11) is 0. The molecule has 0 radical (unpaired) electrons. The zero-order valence-electron chi connectivity index (χ0n) is 12.6. The summed E-state index contributed by atoms with van der Waals surface area (Å²) in [6.45, 7) is -1.39. The molecule has 9 heteroatoms. The summed E-state index contributed by atoms with van der Waals surface area (Å²) in [6.07, 6.45) is -2.13. The molecule has 1 saturated carbocycles. The maximum atomic E-state index is 12.7. The largest absolute Gasteiger partial charge is 0.455 e. The minimum Gasteiger partial charge on any atom is -0.374 e. The second-order valence-electron chi connectivity index (χ2n) is 5.85. The van der Waals surface area contributed by atoms with Gasteiger partial charge in [0, 0.05) is 6.54 Å². The highest BCUT2D eigenvalue weighted by Gasteiger charge is 2.57. The fraction of sp³-hybridized carbons (Fsp3) is 0.929. The smallest absolute Gasteiger partial charge is 0.374 e. The molecule has 2 unspecified atom stereocenters. The average Bonchev–Trinajstić information content (AvgIpc) is 2.49. The second-order valence-corrected chi connectivity index (χ2v) is 5.85. The number of carbonyl (C=O) groups is 1. The summed E-state index contributed by atoms with van der Waals surface area (Å²) in [6, 6.07) is -0.0263. The molecule has 2 atom stereocenters. The van der Waals surface area contributed by atoms with E-state index in [1.807, 2.05) is 0 Å². The van der Waals surface area contributed by atoms with Gasteiger partial charge in [-0.25, -0.2) is 0 Å². The number of carbonyl (C=O) groups excluding carboxylic acids is 1. The van der Waals surface area contributed by atoms with Crippen LogP contribution in [0.3, 0.4) is 0 Å². The third-order valence-corrected chi connectivity index (χ3v) is 4.21. The molecule has 1 aliphatic carbocycles. The number of hydrogen-bond acceptors (Lipinski definition) is 3. The van der Waals surface area contributed by atoms with Gasteiger partial charge in [-0.3, -0.25) is 4.79 Å². The molecule has 4 nitrogen and oxygen atoms in total. The van der Waals surface area contributed by atoms with Gasteiger partial charge in [-0.05, 0) is 12.8 Å². The lowest BCUT2D eigenvalue weighted by Gasteiger charge is -2.43. The van der Waals surface area contributed by atoms with Gasteiger partial charge in [0.25, 0.3) is 0 Å². The maximum Gasteiger partial charge on any atom is 0.455 e. The van der Waals surface area contributed by atoms with Crippen molar-refractivity contribution in [3.8, 4) is 0 Å². The van der Waals surface area contributed by atoms with Gasteiger partial charge >= 0.3 is 12.1 Å². The molecule has 0 N–H and O–H groups in total. The van der Waals surface area contributed by atoms with E-state index in [4.69, 9.17) is 4.74 Å². The Kier molecular flexibility index (Phi) is 5.83. The fourth-order valence-corrected chi connectivity index (χ4v) is 2.99. The van der Waals surface area contributed by atoms with E-state index in [0.717, 1.165) is 25.7 Å². The predicted molar refractivity (Wildman–Crippen MR) is 70.1 cm³/mol. The molecule has 1 saturated heterocycles. The zero-order valence-corrected chi connectivity index (χ0v) is 12.6. The van der Waals surface area contributed by atoms with Crippen molar-refractivity contribution in [1.29, 1.82) is 0 Å². The van der Waals surface area contributed by atoms with Crippen LogP contribution in [0.1, 0.15) is 32.1 Å². The van der Waals surface area contributed by atoms with Crippen LogP contribution in [-0.2, 0) is 14.3 Å². The molecule has 0 bridgehead atoms. The Balaban J connectivity index is 1.76. The monoisotopic (exact) mass is 345 g/mol. The lowest BCUT2D eigenvalue weighted by Crippen LogP contribution is -2.55. The van der Waals surface area contributed by atoms with Crippen molar-refractivity contribution in [2.24, 2.45) is 0 Å². The predicted octanol–water partition coefficient (Wildman–Crippen LogP) is 2.76. The first-order chi connectivity index (χ1) is 10.7. The van der Waals surface area contributed by atoms with Crippen LogP contribution in [0, 0.1) is 0 Å². The van der Waals surface area contributed by atoms with E-state index < -0.39 is 25.3 Å². The maximum absolute atomic E-state index is 12.7. The Bertz CT molecular complexity index is 414. The first-order valence-electron chi connectivity index (χ1n) is 7.66. The molecule has 0 aromatic carbocycles. The summed E-state index contributed by atoms with van der Waals surface area (Å²) in [5, 5.41) is 0. The molecule has 0 spiro atoms. The number of amides is 1. The molecule has 134 valence electrons. The minimum atomic E-state index is -5.64. The van der Waals surface area contributed by atoms with Crippen LogP contribution in [0.25, 0.3) is 0 Å². The number of nitrogens with zero attached hydrogens (tertiary/aromatic N) is 1. The van der Waals surface area contributed by atoms with Crippen LogP contribution < -0.4 is 0 Å². The van der Waals surface area contributed by atoms with Crippen LogP contribution >= 0.6 is 0 Å². The number of halogens is 5. The van der Waals surface area contributed by atoms with E-state index in [0.29, 0.717) is 13.2 Å². The quantitative estimate of drug-likeness (QED) is 0.568. The van der Waals surface area contributed by atoms with Crippen molar-refractivity contribution in [2.75, 3.05) is 26.4 Å². The van der Waals surface area contributed by atoms with Crippen molar-refractivity contribution in [1.82, 2.24) is 4.90 Å². The third-order valence-electron chi connectivity index (χ3n) is 4.21. The van der Waals surface area contributed by atoms with E-state index in [1.54, 1.807) is 4.90 Å². The van der Waals surface area contributed by atoms with Gasteiger partial charge in [-0.1, -0.05) is 12.8 Å². The van der Waals surface area contributed by atoms with Crippen molar-refractivity contribution in [3.05, 3.63) is 0 Å².